The predicted molar refractivity (Wildman–Crippen MR) is 61.6 cm³/mol. The zero-order valence-electron chi connectivity index (χ0n) is 9.27. The summed E-state index contributed by atoms with van der Waals surface area (Å²) >= 11 is 0. The molecule has 0 radical (unpaired) electrons. The smallest absolute Gasteiger partial charge is 0.134 e. The fourth-order valence-corrected chi connectivity index (χ4v) is 2.76. The lowest BCUT2D eigenvalue weighted by Gasteiger charge is -2.31. The van der Waals surface area contributed by atoms with Gasteiger partial charge in [-0.2, -0.15) is 0 Å². The van der Waals surface area contributed by atoms with Crippen LogP contribution in [0.25, 0.3) is 0 Å². The van der Waals surface area contributed by atoms with Crippen molar-refractivity contribution in [2.45, 2.75) is 31.3 Å². The second-order valence-electron chi connectivity index (χ2n) is 4.72. The Kier molecular flexibility index (Phi) is 1.93. The maximum atomic E-state index is 11.5. The highest BCUT2D eigenvalue weighted by atomic mass is 16.5. The molecule has 0 fully saturated rings. The molecule has 0 saturated carbocycles. The zero-order valence-corrected chi connectivity index (χ0v) is 9.27. The van der Waals surface area contributed by atoms with Gasteiger partial charge in [-0.25, -0.2) is 0 Å². The highest BCUT2D eigenvalue weighted by molar-refractivity contribution is 5.75. The molecule has 1 aliphatic carbocycles. The SMILES string of the molecule is CC1=CCC2(C=O)c3ccccc3OC2C1. The largest absolute Gasteiger partial charge is 0.488 e. The number of allylic oxidation sites excluding steroid dienone is 1. The van der Waals surface area contributed by atoms with Crippen LogP contribution in [0.1, 0.15) is 25.3 Å². The van der Waals surface area contributed by atoms with Gasteiger partial charge in [-0.05, 0) is 19.4 Å². The third kappa shape index (κ3) is 1.10. The summed E-state index contributed by atoms with van der Waals surface area (Å²) in [7, 11) is 0. The quantitative estimate of drug-likeness (QED) is 0.530. The first-order valence-electron chi connectivity index (χ1n) is 5.64. The summed E-state index contributed by atoms with van der Waals surface area (Å²) < 4.78 is 5.90. The second-order valence-corrected chi connectivity index (χ2v) is 4.72. The van der Waals surface area contributed by atoms with Crippen molar-refractivity contribution in [1.82, 2.24) is 0 Å². The number of aldehydes is 1. The molecule has 3 rings (SSSR count). The molecule has 0 amide bonds. The van der Waals surface area contributed by atoms with Gasteiger partial charge in [0.1, 0.15) is 18.1 Å². The van der Waals surface area contributed by atoms with Crippen molar-refractivity contribution in [2.24, 2.45) is 0 Å². The van der Waals surface area contributed by atoms with Crippen molar-refractivity contribution in [1.29, 1.82) is 0 Å². The Balaban J connectivity index is 2.15. The van der Waals surface area contributed by atoms with E-state index in [4.69, 9.17) is 4.74 Å². The Morgan fingerprint density at radius 2 is 2.25 bits per heavy atom. The number of para-hydroxylation sites is 1. The van der Waals surface area contributed by atoms with Gasteiger partial charge in [0.15, 0.2) is 0 Å². The molecule has 16 heavy (non-hydrogen) atoms. The highest BCUT2D eigenvalue weighted by Gasteiger charge is 2.49. The van der Waals surface area contributed by atoms with Crippen molar-refractivity contribution in [2.75, 3.05) is 0 Å². The number of hydrogen-bond acceptors (Lipinski definition) is 2. The molecule has 1 aromatic rings. The van der Waals surface area contributed by atoms with Gasteiger partial charge >= 0.3 is 0 Å². The predicted octanol–water partition coefficient (Wildman–Crippen LogP) is 2.62. The van der Waals surface area contributed by atoms with E-state index in [0.29, 0.717) is 0 Å². The van der Waals surface area contributed by atoms with Crippen molar-refractivity contribution in [3.8, 4) is 5.75 Å². The minimum Gasteiger partial charge on any atom is -0.488 e. The lowest BCUT2D eigenvalue weighted by atomic mass is 9.71. The first-order valence-corrected chi connectivity index (χ1v) is 5.64. The van der Waals surface area contributed by atoms with Gasteiger partial charge in [0, 0.05) is 12.0 Å². The molecule has 0 spiro atoms. The molecule has 2 atom stereocenters. The average Bonchev–Trinajstić information content (AvgIpc) is 2.63. The minimum atomic E-state index is -0.434. The topological polar surface area (TPSA) is 26.3 Å². The van der Waals surface area contributed by atoms with Gasteiger partial charge in [0.2, 0.25) is 0 Å². The average molecular weight is 214 g/mol. The van der Waals surface area contributed by atoms with Crippen LogP contribution in [-0.2, 0) is 10.2 Å². The highest BCUT2D eigenvalue weighted by Crippen LogP contribution is 2.48. The number of rotatable bonds is 1. The van der Waals surface area contributed by atoms with E-state index in [1.165, 1.54) is 5.57 Å². The summed E-state index contributed by atoms with van der Waals surface area (Å²) in [6.45, 7) is 2.10. The molecule has 82 valence electrons. The van der Waals surface area contributed by atoms with Gasteiger partial charge in [-0.15, -0.1) is 0 Å². The van der Waals surface area contributed by atoms with Crippen molar-refractivity contribution in [3.63, 3.8) is 0 Å². The van der Waals surface area contributed by atoms with Crippen molar-refractivity contribution < 1.29 is 9.53 Å². The molecule has 1 heterocycles. The normalized spacial score (nSPS) is 31.1. The van der Waals surface area contributed by atoms with Crippen LogP contribution in [0.3, 0.4) is 0 Å². The van der Waals surface area contributed by atoms with E-state index in [-0.39, 0.29) is 6.10 Å². The van der Waals surface area contributed by atoms with E-state index in [1.54, 1.807) is 0 Å². The first kappa shape index (κ1) is 9.64. The summed E-state index contributed by atoms with van der Waals surface area (Å²) in [6.07, 6.45) is 4.85. The number of carbonyl (C=O) groups excluding carboxylic acids is 1. The Morgan fingerprint density at radius 1 is 1.44 bits per heavy atom. The summed E-state index contributed by atoms with van der Waals surface area (Å²) in [4.78, 5) is 11.5. The van der Waals surface area contributed by atoms with Crippen LogP contribution >= 0.6 is 0 Å². The molecular formula is C14H14O2. The summed E-state index contributed by atoms with van der Waals surface area (Å²) in [5.74, 6) is 0.878. The standard InChI is InChI=1S/C14H14O2/c1-10-6-7-14(9-15)11-4-2-3-5-12(11)16-13(14)8-10/h2-6,9,13H,7-8H2,1H3. The van der Waals surface area contributed by atoms with Gasteiger partial charge < -0.3 is 9.53 Å². The summed E-state index contributed by atoms with van der Waals surface area (Å²) in [5.41, 5.74) is 1.94. The molecule has 0 aromatic heterocycles. The third-order valence-corrected chi connectivity index (χ3v) is 3.74. The Hall–Kier alpha value is -1.57. The number of hydrogen-bond donors (Lipinski definition) is 0. The molecule has 1 aromatic carbocycles. The van der Waals surface area contributed by atoms with Crippen LogP contribution in [0, 0.1) is 0 Å². The van der Waals surface area contributed by atoms with E-state index in [9.17, 15) is 4.79 Å². The minimum absolute atomic E-state index is 0.00704. The van der Waals surface area contributed by atoms with Crippen LogP contribution in [0.15, 0.2) is 35.9 Å². The van der Waals surface area contributed by atoms with Gasteiger partial charge in [-0.1, -0.05) is 29.8 Å². The number of ether oxygens (including phenoxy) is 1. The van der Waals surface area contributed by atoms with Crippen LogP contribution in [0.4, 0.5) is 0 Å². The summed E-state index contributed by atoms with van der Waals surface area (Å²) in [5, 5.41) is 0. The molecule has 2 nitrogen and oxygen atoms in total. The maximum Gasteiger partial charge on any atom is 0.134 e. The third-order valence-electron chi connectivity index (χ3n) is 3.74. The van der Waals surface area contributed by atoms with E-state index in [0.717, 1.165) is 30.4 Å². The number of carbonyl (C=O) groups is 1. The van der Waals surface area contributed by atoms with E-state index < -0.39 is 5.41 Å². The first-order chi connectivity index (χ1) is 7.76. The maximum absolute atomic E-state index is 11.5. The molecule has 0 saturated heterocycles. The van der Waals surface area contributed by atoms with Crippen LogP contribution < -0.4 is 4.74 Å². The molecule has 2 unspecified atom stereocenters. The van der Waals surface area contributed by atoms with E-state index >= 15 is 0 Å². The molecular weight excluding hydrogens is 200 g/mol. The van der Waals surface area contributed by atoms with Crippen LogP contribution in [-0.4, -0.2) is 12.4 Å². The van der Waals surface area contributed by atoms with E-state index in [2.05, 4.69) is 13.0 Å². The molecule has 0 bridgehead atoms. The molecule has 0 N–H and O–H groups in total. The van der Waals surface area contributed by atoms with Crippen molar-refractivity contribution in [3.05, 3.63) is 41.5 Å². The fraction of sp³-hybridized carbons (Fsp3) is 0.357. The van der Waals surface area contributed by atoms with Gasteiger partial charge in [0.25, 0.3) is 0 Å². The monoisotopic (exact) mass is 214 g/mol. The second kappa shape index (κ2) is 3.21. The lowest BCUT2D eigenvalue weighted by Crippen LogP contribution is -2.41. The zero-order chi connectivity index (χ0) is 11.2. The van der Waals surface area contributed by atoms with Crippen LogP contribution in [0.2, 0.25) is 0 Å². The molecule has 1 aliphatic heterocycles. The molecule has 2 heteroatoms. The van der Waals surface area contributed by atoms with Gasteiger partial charge in [0.05, 0.1) is 5.41 Å². The molecule has 2 aliphatic rings. The Labute approximate surface area is 94.9 Å². The fourth-order valence-electron chi connectivity index (χ4n) is 2.76. The van der Waals surface area contributed by atoms with E-state index in [1.807, 2.05) is 24.3 Å². The Morgan fingerprint density at radius 3 is 3.06 bits per heavy atom. The van der Waals surface area contributed by atoms with Crippen molar-refractivity contribution >= 4 is 6.29 Å². The van der Waals surface area contributed by atoms with Crippen LogP contribution in [0.5, 0.6) is 5.75 Å². The number of benzene rings is 1. The Bertz CT molecular complexity index is 475. The van der Waals surface area contributed by atoms with Gasteiger partial charge in [-0.3, -0.25) is 0 Å². The summed E-state index contributed by atoms with van der Waals surface area (Å²) in [6, 6.07) is 7.89. The number of fused-ring (bicyclic) bond motifs is 3. The lowest BCUT2D eigenvalue weighted by molar-refractivity contribution is -0.114.